The molecular formula is C27H32FN7O2. The standard InChI is InChI=1S/C27H32FN7O2/c1-5-27(2,3)35-25(30-31-32-35)24(22-17-18-16-21(37-4)10-11-23(18)29-26(22)36)34-14-12-33(13-15-34)20-8-6-19(28)7-9-20/h6-11,16-17,24H,5,12-15H2,1-4H3,(H,29,36)/t24-/m0/s1. The third kappa shape index (κ3) is 4.81. The molecule has 5 rings (SSSR count). The normalized spacial score (nSPS) is 15.8. The van der Waals surface area contributed by atoms with Crippen LogP contribution in [-0.4, -0.2) is 63.4 Å². The summed E-state index contributed by atoms with van der Waals surface area (Å²) in [6.45, 7) is 9.07. The zero-order valence-corrected chi connectivity index (χ0v) is 21.6. The highest BCUT2D eigenvalue weighted by Gasteiger charge is 2.35. The molecule has 0 saturated carbocycles. The lowest BCUT2D eigenvalue weighted by Gasteiger charge is -2.40. The molecular weight excluding hydrogens is 473 g/mol. The van der Waals surface area contributed by atoms with Crippen molar-refractivity contribution >= 4 is 16.6 Å². The van der Waals surface area contributed by atoms with E-state index in [1.54, 1.807) is 19.2 Å². The van der Waals surface area contributed by atoms with Crippen molar-refractivity contribution in [2.24, 2.45) is 0 Å². The molecule has 0 aliphatic carbocycles. The van der Waals surface area contributed by atoms with Gasteiger partial charge in [0.1, 0.15) is 17.6 Å². The lowest BCUT2D eigenvalue weighted by atomic mass is 9.98. The maximum Gasteiger partial charge on any atom is 0.253 e. The van der Waals surface area contributed by atoms with Crippen LogP contribution in [0.15, 0.2) is 53.3 Å². The minimum Gasteiger partial charge on any atom is -0.497 e. The largest absolute Gasteiger partial charge is 0.497 e. The highest BCUT2D eigenvalue weighted by atomic mass is 19.1. The molecule has 37 heavy (non-hydrogen) atoms. The highest BCUT2D eigenvalue weighted by molar-refractivity contribution is 5.80. The van der Waals surface area contributed by atoms with E-state index in [1.165, 1.54) is 12.1 Å². The zero-order chi connectivity index (χ0) is 26.2. The number of methoxy groups -OCH3 is 1. The number of hydrogen-bond donors (Lipinski definition) is 1. The fourth-order valence-corrected chi connectivity index (χ4v) is 4.87. The number of nitrogens with zero attached hydrogens (tertiary/aromatic N) is 6. The fourth-order valence-electron chi connectivity index (χ4n) is 4.87. The number of benzene rings is 2. The van der Waals surface area contributed by atoms with Gasteiger partial charge in [-0.3, -0.25) is 9.69 Å². The second-order valence-corrected chi connectivity index (χ2v) is 10.0. The molecule has 1 aliphatic heterocycles. The van der Waals surface area contributed by atoms with Crippen molar-refractivity contribution < 1.29 is 9.13 Å². The van der Waals surface area contributed by atoms with E-state index >= 15 is 0 Å². The van der Waals surface area contributed by atoms with Crippen LogP contribution in [0, 0.1) is 5.82 Å². The van der Waals surface area contributed by atoms with Gasteiger partial charge in [0.25, 0.3) is 5.56 Å². The Bertz CT molecular complexity index is 1440. The molecule has 0 unspecified atom stereocenters. The van der Waals surface area contributed by atoms with Crippen molar-refractivity contribution in [3.63, 3.8) is 0 Å². The summed E-state index contributed by atoms with van der Waals surface area (Å²) in [6.07, 6.45) is 0.821. The van der Waals surface area contributed by atoms with Gasteiger partial charge in [0.2, 0.25) is 0 Å². The van der Waals surface area contributed by atoms with Crippen LogP contribution in [0.1, 0.15) is 44.6 Å². The minimum absolute atomic E-state index is 0.174. The summed E-state index contributed by atoms with van der Waals surface area (Å²) < 4.78 is 20.7. The van der Waals surface area contributed by atoms with Gasteiger partial charge in [-0.2, -0.15) is 0 Å². The van der Waals surface area contributed by atoms with Crippen LogP contribution in [0.25, 0.3) is 10.9 Å². The second kappa shape index (κ2) is 9.93. The average molecular weight is 506 g/mol. The SMILES string of the molecule is CCC(C)(C)n1nnnc1[C@H](c1cc2cc(OC)ccc2[nH]c1=O)N1CCN(c2ccc(F)cc2)CC1. The van der Waals surface area contributed by atoms with Gasteiger partial charge in [-0.15, -0.1) is 5.10 Å². The quantitative estimate of drug-likeness (QED) is 0.409. The molecule has 1 saturated heterocycles. The molecule has 2 aromatic carbocycles. The summed E-state index contributed by atoms with van der Waals surface area (Å²) in [5, 5.41) is 13.7. The number of halogens is 1. The molecule has 2 aromatic heterocycles. The first-order valence-corrected chi connectivity index (χ1v) is 12.5. The van der Waals surface area contributed by atoms with Crippen molar-refractivity contribution in [3.8, 4) is 5.75 Å². The zero-order valence-electron chi connectivity index (χ0n) is 21.6. The Balaban J connectivity index is 1.56. The summed E-state index contributed by atoms with van der Waals surface area (Å²) in [7, 11) is 1.62. The van der Waals surface area contributed by atoms with E-state index in [4.69, 9.17) is 4.74 Å². The number of nitrogens with one attached hydrogen (secondary N) is 1. The van der Waals surface area contributed by atoms with Crippen LogP contribution in [0.3, 0.4) is 0 Å². The number of aromatic amines is 1. The third-order valence-electron chi connectivity index (χ3n) is 7.42. The predicted molar refractivity (Wildman–Crippen MR) is 141 cm³/mol. The van der Waals surface area contributed by atoms with Gasteiger partial charge in [-0.1, -0.05) is 6.92 Å². The van der Waals surface area contributed by atoms with Crippen LogP contribution in [0.2, 0.25) is 0 Å². The Hall–Kier alpha value is -3.79. The van der Waals surface area contributed by atoms with Gasteiger partial charge in [-0.05, 0) is 79.2 Å². The lowest BCUT2D eigenvalue weighted by molar-refractivity contribution is 0.186. The topological polar surface area (TPSA) is 92.2 Å². The van der Waals surface area contributed by atoms with E-state index in [0.717, 1.165) is 36.1 Å². The van der Waals surface area contributed by atoms with Gasteiger partial charge in [0.05, 0.1) is 12.6 Å². The molecule has 0 radical (unpaired) electrons. The van der Waals surface area contributed by atoms with Crippen molar-refractivity contribution in [3.05, 3.63) is 76.1 Å². The molecule has 1 atom stereocenters. The molecule has 3 heterocycles. The van der Waals surface area contributed by atoms with Gasteiger partial charge in [-0.25, -0.2) is 9.07 Å². The van der Waals surface area contributed by atoms with E-state index in [1.807, 2.05) is 28.9 Å². The molecule has 0 spiro atoms. The van der Waals surface area contributed by atoms with E-state index in [2.05, 4.69) is 51.1 Å². The van der Waals surface area contributed by atoms with E-state index in [9.17, 15) is 9.18 Å². The number of tetrazole rings is 1. The molecule has 1 fully saturated rings. The van der Waals surface area contributed by atoms with Gasteiger partial charge in [0.15, 0.2) is 5.82 Å². The van der Waals surface area contributed by atoms with Crippen molar-refractivity contribution in [2.45, 2.75) is 38.8 Å². The van der Waals surface area contributed by atoms with E-state index in [0.29, 0.717) is 30.2 Å². The summed E-state index contributed by atoms with van der Waals surface area (Å²) in [5.41, 5.74) is 1.79. The Morgan fingerprint density at radius 1 is 1.08 bits per heavy atom. The van der Waals surface area contributed by atoms with Crippen molar-refractivity contribution in [1.29, 1.82) is 0 Å². The lowest BCUT2D eigenvalue weighted by Crippen LogP contribution is -2.49. The number of H-pyrrole nitrogens is 1. The van der Waals surface area contributed by atoms with Gasteiger partial charge >= 0.3 is 0 Å². The number of hydrogen-bond acceptors (Lipinski definition) is 7. The number of fused-ring (bicyclic) bond motifs is 1. The maximum absolute atomic E-state index is 13.5. The summed E-state index contributed by atoms with van der Waals surface area (Å²) >= 11 is 0. The summed E-state index contributed by atoms with van der Waals surface area (Å²) in [4.78, 5) is 21.0. The van der Waals surface area contributed by atoms with Crippen LogP contribution < -0.4 is 15.2 Å². The summed E-state index contributed by atoms with van der Waals surface area (Å²) in [5.74, 6) is 1.10. The molecule has 9 nitrogen and oxygen atoms in total. The number of aromatic nitrogens is 5. The highest BCUT2D eigenvalue weighted by Crippen LogP contribution is 2.32. The average Bonchev–Trinajstić information content (AvgIpc) is 3.40. The first-order chi connectivity index (χ1) is 17.8. The van der Waals surface area contributed by atoms with Gasteiger partial charge in [0, 0.05) is 48.3 Å². The molecule has 0 bridgehead atoms. The monoisotopic (exact) mass is 505 g/mol. The van der Waals surface area contributed by atoms with E-state index in [-0.39, 0.29) is 16.9 Å². The molecule has 0 amide bonds. The second-order valence-electron chi connectivity index (χ2n) is 10.0. The first-order valence-electron chi connectivity index (χ1n) is 12.5. The minimum atomic E-state index is -0.449. The molecule has 10 heteroatoms. The molecule has 4 aromatic rings. The number of piperazine rings is 1. The third-order valence-corrected chi connectivity index (χ3v) is 7.42. The van der Waals surface area contributed by atoms with Crippen LogP contribution >= 0.6 is 0 Å². The van der Waals surface area contributed by atoms with Crippen molar-refractivity contribution in [1.82, 2.24) is 30.1 Å². The Morgan fingerprint density at radius 3 is 2.49 bits per heavy atom. The Morgan fingerprint density at radius 2 is 1.81 bits per heavy atom. The van der Waals surface area contributed by atoms with Crippen LogP contribution in [0.5, 0.6) is 5.75 Å². The Labute approximate surface area is 214 Å². The van der Waals surface area contributed by atoms with Crippen molar-refractivity contribution in [2.75, 3.05) is 38.2 Å². The number of pyridine rings is 1. The number of ether oxygens (including phenoxy) is 1. The molecule has 1 aliphatic rings. The number of rotatable bonds is 7. The predicted octanol–water partition coefficient (Wildman–Crippen LogP) is 3.72. The van der Waals surface area contributed by atoms with Gasteiger partial charge < -0.3 is 14.6 Å². The maximum atomic E-state index is 13.5. The molecule has 194 valence electrons. The van der Waals surface area contributed by atoms with Crippen LogP contribution in [0.4, 0.5) is 10.1 Å². The Kier molecular flexibility index (Phi) is 6.68. The summed E-state index contributed by atoms with van der Waals surface area (Å²) in [6, 6.07) is 13.6. The number of anilines is 1. The van der Waals surface area contributed by atoms with Crippen LogP contribution in [-0.2, 0) is 5.54 Å². The first kappa shape index (κ1) is 24.9. The van der Waals surface area contributed by atoms with E-state index < -0.39 is 6.04 Å². The fraction of sp³-hybridized carbons (Fsp3) is 0.407. The molecule has 1 N–H and O–H groups in total. The smallest absolute Gasteiger partial charge is 0.253 e.